The Morgan fingerprint density at radius 3 is 2.20 bits per heavy atom. The fourth-order valence-electron chi connectivity index (χ4n) is 1.94. The van der Waals surface area contributed by atoms with E-state index in [4.69, 9.17) is 0 Å². The molecule has 0 bridgehead atoms. The van der Waals surface area contributed by atoms with E-state index in [0.29, 0.717) is 5.41 Å². The van der Waals surface area contributed by atoms with Crippen molar-refractivity contribution in [3.8, 4) is 0 Å². The van der Waals surface area contributed by atoms with E-state index in [-0.39, 0.29) is 5.54 Å². The van der Waals surface area contributed by atoms with Crippen molar-refractivity contribution in [1.82, 2.24) is 10.2 Å². The topological polar surface area (TPSA) is 27.6 Å². The summed E-state index contributed by atoms with van der Waals surface area (Å²) in [5.41, 5.74) is 0.570. The van der Waals surface area contributed by atoms with Gasteiger partial charge in [-0.2, -0.15) is 0 Å². The molecule has 1 heterocycles. The molecule has 3 heteroatoms. The van der Waals surface area contributed by atoms with Gasteiger partial charge in [0.05, 0.1) is 0 Å². The third kappa shape index (κ3) is 1.97. The number of aliphatic imine (C=N–C) groups is 1. The first-order valence-corrected chi connectivity index (χ1v) is 5.92. The average Bonchev–Trinajstić information content (AvgIpc) is 2.14. The van der Waals surface area contributed by atoms with Crippen molar-refractivity contribution in [2.24, 2.45) is 10.4 Å². The fraction of sp³-hybridized carbons (Fsp3) is 0.917. The second-order valence-electron chi connectivity index (χ2n) is 5.36. The highest BCUT2D eigenvalue weighted by Crippen LogP contribution is 2.46. The van der Waals surface area contributed by atoms with E-state index in [2.05, 4.69) is 56.8 Å². The summed E-state index contributed by atoms with van der Waals surface area (Å²) in [4.78, 5) is 6.90. The summed E-state index contributed by atoms with van der Waals surface area (Å²) in [6, 6.07) is 0. The van der Waals surface area contributed by atoms with Crippen molar-refractivity contribution < 1.29 is 0 Å². The van der Waals surface area contributed by atoms with Crippen molar-refractivity contribution in [2.75, 3.05) is 19.6 Å². The van der Waals surface area contributed by atoms with Crippen LogP contribution >= 0.6 is 0 Å². The SMILES string of the molecule is CCN=C(NCC)N1CC(C)(C)C1(C)C. The minimum absolute atomic E-state index is 0.198. The van der Waals surface area contributed by atoms with Crippen LogP contribution in [0.3, 0.4) is 0 Å². The second-order valence-corrected chi connectivity index (χ2v) is 5.36. The van der Waals surface area contributed by atoms with E-state index in [9.17, 15) is 0 Å². The number of likely N-dealkylation sites (tertiary alicyclic amines) is 1. The van der Waals surface area contributed by atoms with Gasteiger partial charge in [-0.15, -0.1) is 0 Å². The van der Waals surface area contributed by atoms with Gasteiger partial charge in [0.2, 0.25) is 0 Å². The van der Waals surface area contributed by atoms with Crippen molar-refractivity contribution >= 4 is 5.96 Å². The molecule has 88 valence electrons. The highest BCUT2D eigenvalue weighted by molar-refractivity contribution is 5.82. The Labute approximate surface area is 94.0 Å². The van der Waals surface area contributed by atoms with Gasteiger partial charge >= 0.3 is 0 Å². The number of hydrogen-bond donors (Lipinski definition) is 1. The lowest BCUT2D eigenvalue weighted by molar-refractivity contribution is -0.0667. The Morgan fingerprint density at radius 2 is 1.87 bits per heavy atom. The molecule has 0 atom stereocenters. The molecule has 1 rings (SSSR count). The second kappa shape index (κ2) is 4.03. The molecule has 0 radical (unpaired) electrons. The minimum Gasteiger partial charge on any atom is -0.357 e. The molecule has 0 saturated carbocycles. The molecule has 0 aromatic carbocycles. The molecule has 0 amide bonds. The van der Waals surface area contributed by atoms with Crippen LogP contribution in [-0.2, 0) is 0 Å². The molecular weight excluding hydrogens is 186 g/mol. The molecule has 0 unspecified atom stereocenters. The molecular formula is C12H25N3. The molecule has 3 nitrogen and oxygen atoms in total. The lowest BCUT2D eigenvalue weighted by atomic mass is 9.65. The fourth-order valence-corrected chi connectivity index (χ4v) is 1.94. The van der Waals surface area contributed by atoms with Gasteiger partial charge in [-0.1, -0.05) is 13.8 Å². The maximum Gasteiger partial charge on any atom is 0.194 e. The molecule has 0 aromatic heterocycles. The summed E-state index contributed by atoms with van der Waals surface area (Å²) in [5, 5.41) is 3.35. The van der Waals surface area contributed by atoms with Crippen LogP contribution in [0.1, 0.15) is 41.5 Å². The molecule has 15 heavy (non-hydrogen) atoms. The monoisotopic (exact) mass is 211 g/mol. The van der Waals surface area contributed by atoms with Crippen LogP contribution in [0.5, 0.6) is 0 Å². The summed E-state index contributed by atoms with van der Waals surface area (Å²) in [7, 11) is 0. The van der Waals surface area contributed by atoms with Crippen LogP contribution in [-0.4, -0.2) is 36.0 Å². The molecule has 0 spiro atoms. The first kappa shape index (κ1) is 12.3. The van der Waals surface area contributed by atoms with E-state index in [1.807, 2.05) is 0 Å². The Morgan fingerprint density at radius 1 is 1.27 bits per heavy atom. The van der Waals surface area contributed by atoms with Crippen LogP contribution in [0.4, 0.5) is 0 Å². The van der Waals surface area contributed by atoms with Gasteiger partial charge in [-0.3, -0.25) is 4.99 Å². The summed E-state index contributed by atoms with van der Waals surface area (Å²) in [5.74, 6) is 1.06. The van der Waals surface area contributed by atoms with E-state index in [0.717, 1.165) is 25.6 Å². The predicted octanol–water partition coefficient (Wildman–Crippen LogP) is 2.09. The van der Waals surface area contributed by atoms with Crippen molar-refractivity contribution in [1.29, 1.82) is 0 Å². The molecule has 1 N–H and O–H groups in total. The van der Waals surface area contributed by atoms with Crippen molar-refractivity contribution in [3.63, 3.8) is 0 Å². The van der Waals surface area contributed by atoms with E-state index in [1.165, 1.54) is 0 Å². The lowest BCUT2D eigenvalue weighted by Gasteiger charge is -2.62. The number of rotatable bonds is 2. The zero-order chi connectivity index (χ0) is 11.7. The number of nitrogens with zero attached hydrogens (tertiary/aromatic N) is 2. The largest absolute Gasteiger partial charge is 0.357 e. The van der Waals surface area contributed by atoms with Crippen molar-refractivity contribution in [3.05, 3.63) is 0 Å². The Kier molecular flexibility index (Phi) is 3.31. The van der Waals surface area contributed by atoms with Gasteiger partial charge in [0.1, 0.15) is 0 Å². The third-order valence-corrected chi connectivity index (χ3v) is 3.78. The summed E-state index contributed by atoms with van der Waals surface area (Å²) < 4.78 is 0. The predicted molar refractivity (Wildman–Crippen MR) is 66.2 cm³/mol. The number of nitrogens with one attached hydrogen (secondary N) is 1. The van der Waals surface area contributed by atoms with Gasteiger partial charge < -0.3 is 10.2 Å². The van der Waals surface area contributed by atoms with Crippen LogP contribution in [0, 0.1) is 5.41 Å². The number of guanidine groups is 1. The van der Waals surface area contributed by atoms with Gasteiger partial charge in [0.15, 0.2) is 5.96 Å². The summed E-state index contributed by atoms with van der Waals surface area (Å²) >= 11 is 0. The minimum atomic E-state index is 0.198. The number of hydrogen-bond acceptors (Lipinski definition) is 1. The molecule has 1 aliphatic heterocycles. The molecule has 1 aliphatic rings. The van der Waals surface area contributed by atoms with Gasteiger partial charge in [-0.25, -0.2) is 0 Å². The molecule has 0 aliphatic carbocycles. The molecule has 0 aromatic rings. The summed E-state index contributed by atoms with van der Waals surface area (Å²) in [6.45, 7) is 16.3. The zero-order valence-corrected chi connectivity index (χ0v) is 11.0. The lowest BCUT2D eigenvalue weighted by Crippen LogP contribution is -2.72. The smallest absolute Gasteiger partial charge is 0.194 e. The van der Waals surface area contributed by atoms with E-state index in [1.54, 1.807) is 0 Å². The van der Waals surface area contributed by atoms with Crippen LogP contribution in [0.25, 0.3) is 0 Å². The highest BCUT2D eigenvalue weighted by atomic mass is 15.4. The summed E-state index contributed by atoms with van der Waals surface area (Å²) in [6.07, 6.45) is 0. The van der Waals surface area contributed by atoms with Crippen LogP contribution in [0.2, 0.25) is 0 Å². The maximum absolute atomic E-state index is 4.53. The Balaban J connectivity index is 2.77. The van der Waals surface area contributed by atoms with Crippen LogP contribution < -0.4 is 5.32 Å². The first-order chi connectivity index (χ1) is 6.86. The first-order valence-electron chi connectivity index (χ1n) is 5.92. The third-order valence-electron chi connectivity index (χ3n) is 3.78. The van der Waals surface area contributed by atoms with Crippen LogP contribution in [0.15, 0.2) is 4.99 Å². The van der Waals surface area contributed by atoms with Gasteiger partial charge in [0.25, 0.3) is 0 Å². The molecule has 1 fully saturated rings. The Bertz CT molecular complexity index is 254. The van der Waals surface area contributed by atoms with Gasteiger partial charge in [0, 0.05) is 30.6 Å². The Hall–Kier alpha value is -0.730. The average molecular weight is 211 g/mol. The van der Waals surface area contributed by atoms with Crippen molar-refractivity contribution in [2.45, 2.75) is 47.1 Å². The quantitative estimate of drug-likeness (QED) is 0.559. The van der Waals surface area contributed by atoms with E-state index >= 15 is 0 Å². The standard InChI is InChI=1S/C12H25N3/c1-7-13-10(14-8-2)15-9-11(3,4)12(15,5)6/h7-9H2,1-6H3,(H,13,14). The highest BCUT2D eigenvalue weighted by Gasteiger charge is 2.53. The normalized spacial score (nSPS) is 23.6. The zero-order valence-electron chi connectivity index (χ0n) is 11.0. The van der Waals surface area contributed by atoms with E-state index < -0.39 is 0 Å². The molecule has 1 saturated heterocycles. The maximum atomic E-state index is 4.53. The van der Waals surface area contributed by atoms with Gasteiger partial charge in [-0.05, 0) is 27.7 Å².